The second-order valence-electron chi connectivity index (χ2n) is 5.40. The summed E-state index contributed by atoms with van der Waals surface area (Å²) in [4.78, 5) is 16.7. The zero-order valence-corrected chi connectivity index (χ0v) is 13.7. The van der Waals surface area contributed by atoms with Gasteiger partial charge in [-0.05, 0) is 43.2 Å². The van der Waals surface area contributed by atoms with Gasteiger partial charge in [0.1, 0.15) is 5.52 Å². The van der Waals surface area contributed by atoms with Crippen molar-refractivity contribution in [2.45, 2.75) is 13.3 Å². The minimum atomic E-state index is -0.108. The van der Waals surface area contributed by atoms with Gasteiger partial charge in [-0.1, -0.05) is 11.3 Å². The molecule has 0 bridgehead atoms. The largest absolute Gasteiger partial charge is 0.385 e. The molecule has 7 heteroatoms. The van der Waals surface area contributed by atoms with E-state index < -0.39 is 0 Å². The highest BCUT2D eigenvalue weighted by molar-refractivity contribution is 5.96. The molecule has 0 atom stereocenters. The van der Waals surface area contributed by atoms with Gasteiger partial charge >= 0.3 is 0 Å². The molecule has 2 aromatic heterocycles. The number of methoxy groups -OCH3 is 1. The molecule has 7 nitrogen and oxygen atoms in total. The molecule has 0 fully saturated rings. The Kier molecular flexibility index (Phi) is 4.81. The van der Waals surface area contributed by atoms with Crippen LogP contribution in [0.5, 0.6) is 0 Å². The van der Waals surface area contributed by atoms with Gasteiger partial charge in [0, 0.05) is 32.0 Å². The fraction of sp³-hybridized carbons (Fsp3) is 0.294. The first-order valence-corrected chi connectivity index (χ1v) is 7.76. The topological polar surface area (TPSA) is 81.9 Å². The normalized spacial score (nSPS) is 10.9. The maximum Gasteiger partial charge on any atom is 0.251 e. The number of fused-ring (bicyclic) bond motifs is 1. The van der Waals surface area contributed by atoms with Crippen LogP contribution in [-0.2, 0) is 4.74 Å². The van der Waals surface area contributed by atoms with E-state index in [9.17, 15) is 4.79 Å². The lowest BCUT2D eigenvalue weighted by Gasteiger charge is -2.11. The molecule has 2 heterocycles. The Labute approximate surface area is 139 Å². The lowest BCUT2D eigenvalue weighted by Crippen LogP contribution is -2.26. The van der Waals surface area contributed by atoms with Crippen molar-refractivity contribution in [3.05, 3.63) is 47.7 Å². The molecule has 0 aliphatic heterocycles. The molecule has 1 aromatic carbocycles. The maximum absolute atomic E-state index is 12.4. The number of pyridine rings is 1. The first-order chi connectivity index (χ1) is 11.7. The summed E-state index contributed by atoms with van der Waals surface area (Å²) >= 11 is 0. The van der Waals surface area contributed by atoms with Crippen LogP contribution < -0.4 is 5.32 Å². The number of ether oxygens (including phenoxy) is 1. The molecule has 1 amide bonds. The zero-order chi connectivity index (χ0) is 16.9. The van der Waals surface area contributed by atoms with Crippen LogP contribution in [0.4, 0.5) is 0 Å². The molecule has 0 spiro atoms. The number of amides is 1. The van der Waals surface area contributed by atoms with Crippen LogP contribution in [0.3, 0.4) is 0 Å². The third-order valence-electron chi connectivity index (χ3n) is 3.80. The fourth-order valence-electron chi connectivity index (χ4n) is 2.54. The Morgan fingerprint density at radius 2 is 2.17 bits per heavy atom. The number of nitrogens with zero attached hydrogens (tertiary/aromatic N) is 4. The number of carbonyl (C=O) groups excluding carboxylic acids is 1. The average Bonchev–Trinajstić information content (AvgIpc) is 3.03. The van der Waals surface area contributed by atoms with E-state index in [1.807, 2.05) is 31.2 Å². The number of carbonyl (C=O) groups is 1. The smallest absolute Gasteiger partial charge is 0.251 e. The summed E-state index contributed by atoms with van der Waals surface area (Å²) < 4.78 is 6.64. The Balaban J connectivity index is 1.90. The SMILES string of the molecule is COCCCNC(=O)c1cccc(-n2nnc3cccnc32)c1C. The Morgan fingerprint density at radius 1 is 1.29 bits per heavy atom. The quantitative estimate of drug-likeness (QED) is 0.700. The molecule has 0 saturated heterocycles. The number of rotatable bonds is 6. The molecule has 3 rings (SSSR count). The van der Waals surface area contributed by atoms with Crippen LogP contribution in [0.2, 0.25) is 0 Å². The number of benzene rings is 1. The molecule has 0 aliphatic rings. The molecular formula is C17H19N5O2. The summed E-state index contributed by atoms with van der Waals surface area (Å²) in [5.41, 5.74) is 3.62. The summed E-state index contributed by atoms with van der Waals surface area (Å²) in [5.74, 6) is -0.108. The second-order valence-corrected chi connectivity index (χ2v) is 5.40. The summed E-state index contributed by atoms with van der Waals surface area (Å²) in [5, 5.41) is 11.2. The van der Waals surface area contributed by atoms with Crippen molar-refractivity contribution in [1.82, 2.24) is 25.3 Å². The summed E-state index contributed by atoms with van der Waals surface area (Å²) in [7, 11) is 1.64. The molecule has 0 aliphatic carbocycles. The summed E-state index contributed by atoms with van der Waals surface area (Å²) in [6.07, 6.45) is 2.47. The highest BCUT2D eigenvalue weighted by Gasteiger charge is 2.15. The molecule has 124 valence electrons. The molecule has 3 aromatic rings. The van der Waals surface area contributed by atoms with Gasteiger partial charge in [0.15, 0.2) is 5.65 Å². The van der Waals surface area contributed by atoms with Gasteiger partial charge in [0.2, 0.25) is 0 Å². The first-order valence-electron chi connectivity index (χ1n) is 7.76. The van der Waals surface area contributed by atoms with Crippen molar-refractivity contribution in [3.8, 4) is 5.69 Å². The van der Waals surface area contributed by atoms with Gasteiger partial charge in [-0.25, -0.2) is 4.98 Å². The van der Waals surface area contributed by atoms with Gasteiger partial charge in [-0.3, -0.25) is 4.79 Å². The molecule has 0 radical (unpaired) electrons. The van der Waals surface area contributed by atoms with Crippen LogP contribution in [0, 0.1) is 6.92 Å². The van der Waals surface area contributed by atoms with E-state index >= 15 is 0 Å². The Morgan fingerprint density at radius 3 is 3.00 bits per heavy atom. The highest BCUT2D eigenvalue weighted by atomic mass is 16.5. The summed E-state index contributed by atoms with van der Waals surface area (Å²) in [6.45, 7) is 3.09. The van der Waals surface area contributed by atoms with Crippen molar-refractivity contribution in [2.24, 2.45) is 0 Å². The van der Waals surface area contributed by atoms with E-state index in [0.29, 0.717) is 29.9 Å². The number of nitrogens with one attached hydrogen (secondary N) is 1. The number of aromatic nitrogens is 4. The lowest BCUT2D eigenvalue weighted by atomic mass is 10.1. The van der Waals surface area contributed by atoms with Crippen LogP contribution in [0.15, 0.2) is 36.5 Å². The van der Waals surface area contributed by atoms with Crippen molar-refractivity contribution in [2.75, 3.05) is 20.3 Å². The summed E-state index contributed by atoms with van der Waals surface area (Å²) in [6, 6.07) is 9.21. The highest BCUT2D eigenvalue weighted by Crippen LogP contribution is 2.20. The van der Waals surface area contributed by atoms with Gasteiger partial charge < -0.3 is 10.1 Å². The number of hydrogen-bond donors (Lipinski definition) is 1. The maximum atomic E-state index is 12.4. The molecule has 0 unspecified atom stereocenters. The van der Waals surface area contributed by atoms with Crippen molar-refractivity contribution in [3.63, 3.8) is 0 Å². The second kappa shape index (κ2) is 7.18. The van der Waals surface area contributed by atoms with Gasteiger partial charge in [-0.2, -0.15) is 4.68 Å². The minimum Gasteiger partial charge on any atom is -0.385 e. The standard InChI is InChI=1S/C17H19N5O2/c1-12-13(17(23)19-10-5-11-24-2)6-3-8-15(12)22-16-14(20-21-22)7-4-9-18-16/h3-4,6-9H,5,10-11H2,1-2H3,(H,19,23). The van der Waals surface area contributed by atoms with E-state index in [1.54, 1.807) is 24.1 Å². The predicted octanol–water partition coefficient (Wildman–Crippen LogP) is 1.89. The Hall–Kier alpha value is -2.80. The third-order valence-corrected chi connectivity index (χ3v) is 3.80. The molecular weight excluding hydrogens is 306 g/mol. The predicted molar refractivity (Wildman–Crippen MR) is 90.2 cm³/mol. The monoisotopic (exact) mass is 325 g/mol. The van der Waals surface area contributed by atoms with Crippen molar-refractivity contribution >= 4 is 17.1 Å². The van der Waals surface area contributed by atoms with Gasteiger partial charge in [0.25, 0.3) is 5.91 Å². The van der Waals surface area contributed by atoms with Crippen LogP contribution >= 0.6 is 0 Å². The average molecular weight is 325 g/mol. The van der Waals surface area contributed by atoms with E-state index in [1.165, 1.54) is 0 Å². The zero-order valence-electron chi connectivity index (χ0n) is 13.7. The lowest BCUT2D eigenvalue weighted by molar-refractivity contribution is 0.0948. The van der Waals surface area contributed by atoms with E-state index in [0.717, 1.165) is 17.7 Å². The molecule has 0 saturated carbocycles. The number of hydrogen-bond acceptors (Lipinski definition) is 5. The molecule has 1 N–H and O–H groups in total. The van der Waals surface area contributed by atoms with Gasteiger partial charge in [-0.15, -0.1) is 5.10 Å². The third kappa shape index (κ3) is 3.11. The van der Waals surface area contributed by atoms with Crippen LogP contribution in [0.1, 0.15) is 22.3 Å². The first kappa shape index (κ1) is 16.1. The fourth-order valence-corrected chi connectivity index (χ4v) is 2.54. The molecule has 24 heavy (non-hydrogen) atoms. The van der Waals surface area contributed by atoms with Crippen molar-refractivity contribution < 1.29 is 9.53 Å². The van der Waals surface area contributed by atoms with Gasteiger partial charge in [0.05, 0.1) is 5.69 Å². The Bertz CT molecular complexity index is 859. The van der Waals surface area contributed by atoms with Crippen LogP contribution in [0.25, 0.3) is 16.9 Å². The van der Waals surface area contributed by atoms with Crippen LogP contribution in [-0.4, -0.2) is 46.1 Å². The minimum absolute atomic E-state index is 0.108. The van der Waals surface area contributed by atoms with E-state index in [-0.39, 0.29) is 5.91 Å². The van der Waals surface area contributed by atoms with E-state index in [4.69, 9.17) is 4.74 Å². The van der Waals surface area contributed by atoms with Crippen molar-refractivity contribution in [1.29, 1.82) is 0 Å². The van der Waals surface area contributed by atoms with E-state index in [2.05, 4.69) is 20.6 Å².